The number of pyridine rings is 1. The molecule has 3 heterocycles. The molecule has 2 aliphatic rings. The van der Waals surface area contributed by atoms with Crippen molar-refractivity contribution in [2.75, 3.05) is 20.7 Å². The monoisotopic (exact) mass is 448 g/mol. The summed E-state index contributed by atoms with van der Waals surface area (Å²) < 4.78 is 5.18. The first-order valence-electron chi connectivity index (χ1n) is 9.90. The van der Waals surface area contributed by atoms with E-state index in [-0.39, 0.29) is 24.6 Å². The molecule has 1 saturated heterocycles. The topological polar surface area (TPSA) is 142 Å². The van der Waals surface area contributed by atoms with E-state index < -0.39 is 23.4 Å². The number of ether oxygens (including phenoxy) is 1. The van der Waals surface area contributed by atoms with E-state index >= 15 is 0 Å². The molecular weight excluding hydrogens is 428 g/mol. The van der Waals surface area contributed by atoms with Gasteiger partial charge in [-0.1, -0.05) is 17.9 Å². The van der Waals surface area contributed by atoms with E-state index in [0.717, 1.165) is 5.56 Å². The van der Waals surface area contributed by atoms with Crippen LogP contribution in [0.15, 0.2) is 36.7 Å². The van der Waals surface area contributed by atoms with Crippen LogP contribution in [0.5, 0.6) is 5.75 Å². The Morgan fingerprint density at radius 2 is 2.09 bits per heavy atom. The molecule has 168 valence electrons. The average molecular weight is 448 g/mol. The minimum atomic E-state index is -1.66. The predicted molar refractivity (Wildman–Crippen MR) is 115 cm³/mol. The number of rotatable bonds is 5. The molecule has 0 saturated carbocycles. The molecule has 5 amide bonds. The maximum atomic E-state index is 13.0. The van der Waals surface area contributed by atoms with E-state index in [1.165, 1.54) is 30.5 Å². The summed E-state index contributed by atoms with van der Waals surface area (Å²) >= 11 is 0. The maximum Gasteiger partial charge on any atom is 0.323 e. The van der Waals surface area contributed by atoms with Crippen molar-refractivity contribution in [1.29, 1.82) is 0 Å². The average Bonchev–Trinajstić information content (AvgIpc) is 3.27. The number of carbonyl (C=O) groups excluding carboxylic acids is 4. The van der Waals surface area contributed by atoms with Gasteiger partial charge < -0.3 is 15.0 Å². The molecule has 11 heteroatoms. The number of aromatic nitrogens is 1. The van der Waals surface area contributed by atoms with Crippen LogP contribution in [0.25, 0.3) is 0 Å². The number of hydrazine groups is 1. The fourth-order valence-corrected chi connectivity index (χ4v) is 3.61. The number of hydrogen-bond acceptors (Lipinski definition) is 7. The summed E-state index contributed by atoms with van der Waals surface area (Å²) in [7, 11) is 3.06. The van der Waals surface area contributed by atoms with E-state index in [9.17, 15) is 19.2 Å². The van der Waals surface area contributed by atoms with Crippen LogP contribution in [0, 0.1) is 11.8 Å². The zero-order valence-electron chi connectivity index (χ0n) is 17.8. The standard InChI is InChI=1S/C22H20N6O5/c1-23-27-18(29)15-7-13(9-24-10-15)5-6-22(20(31)25-21(32)26-22)12-28-11-14-3-4-16(33-2)8-17(14)19(28)30/h3-4,7-10,23H,11-12H2,1-2H3,(H,27,29)(H2,25,26,31,32)/t22-/m1/s1. The Morgan fingerprint density at radius 1 is 1.27 bits per heavy atom. The number of nitrogens with zero attached hydrogens (tertiary/aromatic N) is 2. The number of nitrogens with one attached hydrogen (secondary N) is 4. The number of hydrogen-bond donors (Lipinski definition) is 4. The van der Waals surface area contributed by atoms with Crippen LogP contribution >= 0.6 is 0 Å². The summed E-state index contributed by atoms with van der Waals surface area (Å²) in [5, 5.41) is 4.72. The number of imide groups is 1. The van der Waals surface area contributed by atoms with Crippen molar-refractivity contribution < 1.29 is 23.9 Å². The number of fused-ring (bicyclic) bond motifs is 1. The van der Waals surface area contributed by atoms with Gasteiger partial charge >= 0.3 is 6.03 Å². The minimum absolute atomic E-state index is 0.166. The van der Waals surface area contributed by atoms with Crippen molar-refractivity contribution >= 4 is 23.8 Å². The Morgan fingerprint density at radius 3 is 2.79 bits per heavy atom. The van der Waals surface area contributed by atoms with Crippen LogP contribution in [0.3, 0.4) is 0 Å². The molecule has 1 atom stereocenters. The molecule has 0 radical (unpaired) electrons. The van der Waals surface area contributed by atoms with Crippen molar-refractivity contribution in [1.82, 2.24) is 31.4 Å². The Labute approximate surface area is 188 Å². The quantitative estimate of drug-likeness (QED) is 0.276. The summed E-state index contributed by atoms with van der Waals surface area (Å²) in [5.74, 6) is 4.75. The highest BCUT2D eigenvalue weighted by molar-refractivity contribution is 6.10. The first-order valence-corrected chi connectivity index (χ1v) is 9.90. The Balaban J connectivity index is 1.63. The first-order chi connectivity index (χ1) is 15.8. The summed E-state index contributed by atoms with van der Waals surface area (Å²) in [6.07, 6.45) is 2.79. The molecule has 33 heavy (non-hydrogen) atoms. The fraction of sp³-hybridized carbons (Fsp3) is 0.227. The van der Waals surface area contributed by atoms with Crippen LogP contribution < -0.4 is 26.2 Å². The van der Waals surface area contributed by atoms with E-state index in [1.54, 1.807) is 25.2 Å². The van der Waals surface area contributed by atoms with E-state index in [4.69, 9.17) is 4.74 Å². The van der Waals surface area contributed by atoms with Gasteiger partial charge in [0.15, 0.2) is 0 Å². The number of amides is 5. The SMILES string of the molecule is CNNC(=O)c1cncc(C#C[C@]2(CN3Cc4ccc(OC)cc4C3=O)NC(=O)NC2=O)c1. The van der Waals surface area contributed by atoms with E-state index in [0.29, 0.717) is 16.9 Å². The van der Waals surface area contributed by atoms with Crippen molar-refractivity contribution in [3.8, 4) is 17.6 Å². The van der Waals surface area contributed by atoms with Gasteiger partial charge in [-0.15, -0.1) is 0 Å². The third-order valence-electron chi connectivity index (χ3n) is 5.22. The summed E-state index contributed by atoms with van der Waals surface area (Å²) in [4.78, 5) is 55.1. The van der Waals surface area contributed by atoms with Crippen LogP contribution in [-0.4, -0.2) is 59.9 Å². The van der Waals surface area contributed by atoms with E-state index in [2.05, 4.69) is 38.3 Å². The zero-order chi connectivity index (χ0) is 23.6. The van der Waals surface area contributed by atoms with Crippen LogP contribution in [-0.2, 0) is 11.3 Å². The fourth-order valence-electron chi connectivity index (χ4n) is 3.61. The Bertz CT molecular complexity index is 1230. The van der Waals surface area contributed by atoms with Crippen molar-refractivity contribution in [3.63, 3.8) is 0 Å². The first kappa shape index (κ1) is 21.8. The number of urea groups is 1. The molecular formula is C22H20N6O5. The number of methoxy groups -OCH3 is 1. The second kappa shape index (κ2) is 8.60. The maximum absolute atomic E-state index is 13.0. The van der Waals surface area contributed by atoms with Gasteiger partial charge in [0.2, 0.25) is 5.54 Å². The summed E-state index contributed by atoms with van der Waals surface area (Å²) in [6, 6.07) is 5.96. The molecule has 2 aliphatic heterocycles. The minimum Gasteiger partial charge on any atom is -0.497 e. The molecule has 11 nitrogen and oxygen atoms in total. The van der Waals surface area contributed by atoms with Gasteiger partial charge in [0.05, 0.1) is 19.2 Å². The lowest BCUT2D eigenvalue weighted by Crippen LogP contribution is -2.54. The molecule has 4 N–H and O–H groups in total. The smallest absolute Gasteiger partial charge is 0.323 e. The second-order valence-corrected chi connectivity index (χ2v) is 7.41. The van der Waals surface area contributed by atoms with Gasteiger partial charge in [-0.05, 0) is 23.8 Å². The van der Waals surface area contributed by atoms with Gasteiger partial charge in [0.1, 0.15) is 5.75 Å². The molecule has 0 spiro atoms. The van der Waals surface area contributed by atoms with Crippen LogP contribution in [0.2, 0.25) is 0 Å². The lowest BCUT2D eigenvalue weighted by Gasteiger charge is -2.26. The highest BCUT2D eigenvalue weighted by Crippen LogP contribution is 2.28. The third kappa shape index (κ3) is 4.19. The lowest BCUT2D eigenvalue weighted by molar-refractivity contribution is -0.122. The van der Waals surface area contributed by atoms with Crippen LogP contribution in [0.4, 0.5) is 4.79 Å². The zero-order valence-corrected chi connectivity index (χ0v) is 17.8. The van der Waals surface area contributed by atoms with Crippen molar-refractivity contribution in [2.24, 2.45) is 0 Å². The molecule has 0 bridgehead atoms. The highest BCUT2D eigenvalue weighted by atomic mass is 16.5. The Hall–Kier alpha value is -4.43. The van der Waals surface area contributed by atoms with Crippen LogP contribution in [0.1, 0.15) is 31.8 Å². The van der Waals surface area contributed by atoms with Gasteiger partial charge in [0, 0.05) is 37.1 Å². The number of benzene rings is 1. The molecule has 1 fully saturated rings. The van der Waals surface area contributed by atoms with Gasteiger partial charge in [0.25, 0.3) is 17.7 Å². The van der Waals surface area contributed by atoms with E-state index in [1.807, 2.05) is 0 Å². The summed E-state index contributed by atoms with van der Waals surface area (Å²) in [6.45, 7) is 0.0900. The molecule has 4 rings (SSSR count). The largest absolute Gasteiger partial charge is 0.497 e. The normalized spacial score (nSPS) is 18.7. The molecule has 0 unspecified atom stereocenters. The second-order valence-electron chi connectivity index (χ2n) is 7.41. The van der Waals surface area contributed by atoms with Gasteiger partial charge in [-0.3, -0.25) is 30.1 Å². The Kier molecular flexibility index (Phi) is 5.68. The summed E-state index contributed by atoms with van der Waals surface area (Å²) in [5.41, 5.74) is 5.14. The molecule has 0 aliphatic carbocycles. The number of carbonyl (C=O) groups is 4. The molecule has 1 aromatic heterocycles. The lowest BCUT2D eigenvalue weighted by atomic mass is 9.99. The predicted octanol–water partition coefficient (Wildman–Crippen LogP) is -0.460. The van der Waals surface area contributed by atoms with Gasteiger partial charge in [-0.25, -0.2) is 10.2 Å². The third-order valence-corrected chi connectivity index (χ3v) is 5.22. The molecule has 1 aromatic carbocycles. The highest BCUT2D eigenvalue weighted by Gasteiger charge is 2.48. The van der Waals surface area contributed by atoms with Crippen molar-refractivity contribution in [2.45, 2.75) is 12.1 Å². The van der Waals surface area contributed by atoms with Crippen molar-refractivity contribution in [3.05, 3.63) is 58.9 Å². The van der Waals surface area contributed by atoms with Gasteiger partial charge in [-0.2, -0.15) is 0 Å². The molecule has 2 aromatic rings.